The number of nitrogens with zero attached hydrogens (tertiary/aromatic N) is 2. The molecule has 190 valence electrons. The standard InChI is InChI=1S/C30H43N3O2/c1-8-9-10-11-14-17-32-24-15-12-13-16-25(24)33(28(32)31)20-26(34)21-18-22(29(2,3)4)27(35)23(19-21)30(5,6)7/h12-13,15-16,18-19,31,35H,8-11,14,17,20H2,1-7H3. The number of benzene rings is 2. The lowest BCUT2D eigenvalue weighted by atomic mass is 9.78. The summed E-state index contributed by atoms with van der Waals surface area (Å²) in [6, 6.07) is 11.7. The van der Waals surface area contributed by atoms with Crippen LogP contribution in [-0.2, 0) is 23.9 Å². The van der Waals surface area contributed by atoms with Gasteiger partial charge in [-0.25, -0.2) is 0 Å². The van der Waals surface area contributed by atoms with Crippen LogP contribution in [0.25, 0.3) is 11.0 Å². The van der Waals surface area contributed by atoms with E-state index in [2.05, 4.69) is 6.92 Å². The summed E-state index contributed by atoms with van der Waals surface area (Å²) in [6.45, 7) is 15.4. The van der Waals surface area contributed by atoms with Crippen molar-refractivity contribution in [1.29, 1.82) is 5.41 Å². The Morgan fingerprint density at radius 1 is 0.857 bits per heavy atom. The highest BCUT2D eigenvalue weighted by Gasteiger charge is 2.28. The first-order valence-corrected chi connectivity index (χ1v) is 13.0. The molecule has 2 N–H and O–H groups in total. The molecule has 0 aliphatic heterocycles. The van der Waals surface area contributed by atoms with Crippen molar-refractivity contribution < 1.29 is 9.90 Å². The smallest absolute Gasteiger partial charge is 0.203 e. The summed E-state index contributed by atoms with van der Waals surface area (Å²) in [4.78, 5) is 13.6. The molecule has 35 heavy (non-hydrogen) atoms. The van der Waals surface area contributed by atoms with Crippen LogP contribution in [0.15, 0.2) is 36.4 Å². The topological polar surface area (TPSA) is 71.0 Å². The van der Waals surface area contributed by atoms with Gasteiger partial charge in [-0.3, -0.25) is 10.2 Å². The maximum absolute atomic E-state index is 13.6. The molecule has 0 aliphatic rings. The van der Waals surface area contributed by atoms with E-state index in [9.17, 15) is 9.90 Å². The summed E-state index contributed by atoms with van der Waals surface area (Å²) in [7, 11) is 0. The zero-order valence-corrected chi connectivity index (χ0v) is 22.7. The second-order valence-electron chi connectivity index (χ2n) is 11.8. The molecule has 0 saturated carbocycles. The Morgan fingerprint density at radius 2 is 1.37 bits per heavy atom. The number of aromatic hydroxyl groups is 1. The third-order valence-electron chi connectivity index (χ3n) is 6.81. The lowest BCUT2D eigenvalue weighted by Crippen LogP contribution is -2.28. The van der Waals surface area contributed by atoms with Gasteiger partial charge in [0.2, 0.25) is 5.62 Å². The molecule has 0 fully saturated rings. The largest absolute Gasteiger partial charge is 0.507 e. The van der Waals surface area contributed by atoms with Crippen LogP contribution in [0.3, 0.4) is 0 Å². The van der Waals surface area contributed by atoms with E-state index >= 15 is 0 Å². The van der Waals surface area contributed by atoms with Crippen molar-refractivity contribution in [2.75, 3.05) is 0 Å². The molecule has 0 saturated heterocycles. The minimum absolute atomic E-state index is 0.0506. The number of ketones is 1. The Balaban J connectivity index is 2.00. The normalized spacial score (nSPS) is 12.4. The number of hydrogen-bond acceptors (Lipinski definition) is 3. The van der Waals surface area contributed by atoms with Gasteiger partial charge in [0, 0.05) is 23.2 Å². The minimum atomic E-state index is -0.304. The fraction of sp³-hybridized carbons (Fsp3) is 0.533. The monoisotopic (exact) mass is 477 g/mol. The van der Waals surface area contributed by atoms with Crippen LogP contribution in [0.5, 0.6) is 5.75 Å². The van der Waals surface area contributed by atoms with Crippen LogP contribution in [-0.4, -0.2) is 20.0 Å². The molecule has 5 nitrogen and oxygen atoms in total. The molecule has 0 radical (unpaired) electrons. The van der Waals surface area contributed by atoms with E-state index in [1.54, 1.807) is 0 Å². The highest BCUT2D eigenvalue weighted by molar-refractivity contribution is 5.97. The summed E-state index contributed by atoms with van der Waals surface area (Å²) in [5.74, 6) is 0.223. The maximum atomic E-state index is 13.6. The fourth-order valence-electron chi connectivity index (χ4n) is 4.73. The Hall–Kier alpha value is -2.82. The van der Waals surface area contributed by atoms with E-state index in [1.165, 1.54) is 19.3 Å². The number of phenolic OH excluding ortho intramolecular Hbond substituents is 1. The van der Waals surface area contributed by atoms with Gasteiger partial charge in [-0.2, -0.15) is 0 Å². The number of unbranched alkanes of at least 4 members (excludes halogenated alkanes) is 4. The Morgan fingerprint density at radius 3 is 1.89 bits per heavy atom. The Bertz CT molecular complexity index is 1210. The van der Waals surface area contributed by atoms with Gasteiger partial charge in [-0.1, -0.05) is 86.3 Å². The Labute approximate surface area is 210 Å². The van der Waals surface area contributed by atoms with E-state index in [-0.39, 0.29) is 28.9 Å². The van der Waals surface area contributed by atoms with Crippen molar-refractivity contribution in [1.82, 2.24) is 9.13 Å². The summed E-state index contributed by atoms with van der Waals surface area (Å²) in [5.41, 5.74) is 3.80. The maximum Gasteiger partial charge on any atom is 0.203 e. The van der Waals surface area contributed by atoms with Gasteiger partial charge in [0.25, 0.3) is 0 Å². The molecule has 3 aromatic rings. The number of fused-ring (bicyclic) bond motifs is 1. The van der Waals surface area contributed by atoms with Crippen molar-refractivity contribution in [3.8, 4) is 5.75 Å². The SMILES string of the molecule is CCCCCCCn1c(=N)n(CC(=O)c2cc(C(C)(C)C)c(O)c(C(C)(C)C)c2)c2ccccc21. The molecule has 2 aromatic carbocycles. The fourth-order valence-corrected chi connectivity index (χ4v) is 4.73. The molecule has 0 atom stereocenters. The third-order valence-corrected chi connectivity index (χ3v) is 6.81. The average molecular weight is 478 g/mol. The van der Waals surface area contributed by atoms with Crippen LogP contribution < -0.4 is 5.62 Å². The molecule has 0 aliphatic carbocycles. The van der Waals surface area contributed by atoms with Gasteiger partial charge < -0.3 is 14.2 Å². The number of para-hydroxylation sites is 2. The van der Waals surface area contributed by atoms with Crippen molar-refractivity contribution >= 4 is 16.8 Å². The van der Waals surface area contributed by atoms with Gasteiger partial charge in [0.15, 0.2) is 5.78 Å². The van der Waals surface area contributed by atoms with Crippen LogP contribution in [0.4, 0.5) is 0 Å². The number of imidazole rings is 1. The van der Waals surface area contributed by atoms with Gasteiger partial charge in [-0.05, 0) is 41.5 Å². The molecular weight excluding hydrogens is 434 g/mol. The first-order valence-electron chi connectivity index (χ1n) is 13.0. The summed E-state index contributed by atoms with van der Waals surface area (Å²) in [5, 5.41) is 19.9. The van der Waals surface area contributed by atoms with Gasteiger partial charge in [-0.15, -0.1) is 0 Å². The van der Waals surface area contributed by atoms with E-state index in [1.807, 2.05) is 87.1 Å². The quantitative estimate of drug-likeness (QED) is 0.255. The van der Waals surface area contributed by atoms with E-state index in [4.69, 9.17) is 5.41 Å². The number of aryl methyl sites for hydroxylation is 1. The zero-order valence-electron chi connectivity index (χ0n) is 22.7. The molecule has 3 rings (SSSR count). The molecule has 1 aromatic heterocycles. The highest BCUT2D eigenvalue weighted by atomic mass is 16.3. The predicted molar refractivity (Wildman–Crippen MR) is 144 cm³/mol. The molecule has 1 heterocycles. The number of carbonyl (C=O) groups excluding carboxylic acids is 1. The van der Waals surface area contributed by atoms with E-state index in [0.29, 0.717) is 11.2 Å². The molecule has 0 spiro atoms. The van der Waals surface area contributed by atoms with E-state index in [0.717, 1.165) is 41.5 Å². The summed E-state index contributed by atoms with van der Waals surface area (Å²) in [6.07, 6.45) is 5.85. The van der Waals surface area contributed by atoms with Crippen LogP contribution in [0, 0.1) is 5.41 Å². The third kappa shape index (κ3) is 5.88. The van der Waals surface area contributed by atoms with Gasteiger partial charge in [0.1, 0.15) is 5.75 Å². The van der Waals surface area contributed by atoms with Crippen molar-refractivity contribution in [2.45, 2.75) is 104 Å². The second-order valence-corrected chi connectivity index (χ2v) is 11.8. The molecule has 0 unspecified atom stereocenters. The molecular formula is C30H43N3O2. The number of carbonyl (C=O) groups is 1. The number of nitrogens with one attached hydrogen (secondary N) is 1. The number of hydrogen-bond donors (Lipinski definition) is 2. The van der Waals surface area contributed by atoms with Crippen LogP contribution >= 0.6 is 0 Å². The molecule has 5 heteroatoms. The molecule has 0 amide bonds. The van der Waals surface area contributed by atoms with Gasteiger partial charge in [0.05, 0.1) is 17.6 Å². The van der Waals surface area contributed by atoms with Crippen LogP contribution in [0.1, 0.15) is 102 Å². The number of Topliss-reactive ketones (excluding diaryl/α,β-unsaturated/α-hetero) is 1. The first kappa shape index (κ1) is 26.8. The lowest BCUT2D eigenvalue weighted by molar-refractivity contribution is 0.0971. The molecule has 0 bridgehead atoms. The first-order chi connectivity index (χ1) is 16.4. The van der Waals surface area contributed by atoms with Crippen molar-refractivity contribution in [2.24, 2.45) is 0 Å². The minimum Gasteiger partial charge on any atom is -0.507 e. The predicted octanol–water partition coefficient (Wildman–Crippen LogP) is 7.08. The zero-order chi connectivity index (χ0) is 26.0. The summed E-state index contributed by atoms with van der Waals surface area (Å²) < 4.78 is 3.86. The lowest BCUT2D eigenvalue weighted by Gasteiger charge is -2.28. The number of aromatic nitrogens is 2. The number of phenols is 1. The second kappa shape index (κ2) is 10.4. The van der Waals surface area contributed by atoms with Crippen LogP contribution in [0.2, 0.25) is 0 Å². The Kier molecular flexibility index (Phi) is 7.98. The van der Waals surface area contributed by atoms with E-state index < -0.39 is 0 Å². The van der Waals surface area contributed by atoms with Crippen molar-refractivity contribution in [3.05, 3.63) is 58.7 Å². The average Bonchev–Trinajstić information content (AvgIpc) is 3.03. The number of rotatable bonds is 9. The van der Waals surface area contributed by atoms with Gasteiger partial charge >= 0.3 is 0 Å². The highest BCUT2D eigenvalue weighted by Crippen LogP contribution is 2.40. The summed E-state index contributed by atoms with van der Waals surface area (Å²) >= 11 is 0. The van der Waals surface area contributed by atoms with Crippen molar-refractivity contribution in [3.63, 3.8) is 0 Å².